The summed E-state index contributed by atoms with van der Waals surface area (Å²) in [5.74, 6) is 0. The zero-order valence-electron chi connectivity index (χ0n) is 5.11. The maximum atomic E-state index is 3.87. The van der Waals surface area contributed by atoms with Crippen molar-refractivity contribution in [1.29, 1.82) is 0 Å². The summed E-state index contributed by atoms with van der Waals surface area (Å²) in [5, 5.41) is 0. The van der Waals surface area contributed by atoms with E-state index < -0.39 is 0 Å². The Labute approximate surface area is 75.3 Å². The molecule has 48 valence electrons. The molecule has 0 radical (unpaired) electrons. The number of rotatable bonds is 4. The zero-order valence-corrected chi connectivity index (χ0v) is 9.60. The number of hydrogen-bond donors (Lipinski definition) is 0. The molecule has 0 amide bonds. The van der Waals surface area contributed by atoms with E-state index in [1.165, 1.54) is 18.9 Å². The Morgan fingerprint density at radius 2 is 2.38 bits per heavy atom. The van der Waals surface area contributed by atoms with Crippen LogP contribution in [0.1, 0.15) is 19.8 Å². The van der Waals surface area contributed by atoms with Crippen molar-refractivity contribution in [2.45, 2.75) is 24.2 Å². The van der Waals surface area contributed by atoms with E-state index in [9.17, 15) is 0 Å². The first-order valence-corrected chi connectivity index (χ1v) is 6.63. The molecular formula is C6H11ITe. The molecule has 0 bridgehead atoms. The van der Waals surface area contributed by atoms with Crippen LogP contribution in [0, 0.1) is 0 Å². The SMILES string of the molecule is C=C(I)[Te]CCCC. The molecule has 0 aromatic rings. The van der Waals surface area contributed by atoms with E-state index in [4.69, 9.17) is 0 Å². The predicted molar refractivity (Wildman–Crippen MR) is 48.6 cm³/mol. The molecule has 0 aliphatic carbocycles. The minimum absolute atomic E-state index is 0.196. The summed E-state index contributed by atoms with van der Waals surface area (Å²) in [6, 6.07) is 0. The van der Waals surface area contributed by atoms with Gasteiger partial charge in [0.05, 0.1) is 0 Å². The minimum atomic E-state index is 0.196. The van der Waals surface area contributed by atoms with Gasteiger partial charge in [-0.05, 0) is 0 Å². The van der Waals surface area contributed by atoms with E-state index in [2.05, 4.69) is 36.1 Å². The first-order chi connectivity index (χ1) is 3.77. The first-order valence-electron chi connectivity index (χ1n) is 2.74. The van der Waals surface area contributed by atoms with Gasteiger partial charge >= 0.3 is 76.0 Å². The van der Waals surface area contributed by atoms with Crippen LogP contribution >= 0.6 is 22.6 Å². The van der Waals surface area contributed by atoms with Crippen molar-refractivity contribution in [3.8, 4) is 0 Å². The Bertz CT molecular complexity index is 70.9. The molecule has 2 heteroatoms. The predicted octanol–water partition coefficient (Wildman–Crippen LogP) is 2.82. The van der Waals surface area contributed by atoms with E-state index in [-0.39, 0.29) is 20.9 Å². The molecule has 0 unspecified atom stereocenters. The number of halogens is 1. The van der Waals surface area contributed by atoms with Crippen LogP contribution in [0.2, 0.25) is 4.47 Å². The third kappa shape index (κ3) is 7.26. The zero-order chi connectivity index (χ0) is 6.41. The molecule has 0 aromatic heterocycles. The number of unbranched alkanes of at least 4 members (excludes halogenated alkanes) is 1. The Balaban J connectivity index is 2.82. The fourth-order valence-corrected chi connectivity index (χ4v) is 3.67. The van der Waals surface area contributed by atoms with Gasteiger partial charge in [0.2, 0.25) is 0 Å². The molecule has 0 saturated carbocycles. The first kappa shape index (κ1) is 9.26. The summed E-state index contributed by atoms with van der Waals surface area (Å²) in [7, 11) is 0. The van der Waals surface area contributed by atoms with Crippen molar-refractivity contribution in [1.82, 2.24) is 0 Å². The Morgan fingerprint density at radius 3 is 2.75 bits per heavy atom. The van der Waals surface area contributed by atoms with Gasteiger partial charge in [-0.1, -0.05) is 0 Å². The van der Waals surface area contributed by atoms with Gasteiger partial charge in [-0.25, -0.2) is 0 Å². The van der Waals surface area contributed by atoms with E-state index in [0.29, 0.717) is 0 Å². The summed E-state index contributed by atoms with van der Waals surface area (Å²) >= 11 is 2.54. The molecule has 0 aliphatic heterocycles. The molecule has 0 saturated heterocycles. The van der Waals surface area contributed by atoms with Gasteiger partial charge in [0, 0.05) is 0 Å². The van der Waals surface area contributed by atoms with Crippen molar-refractivity contribution >= 4 is 43.5 Å². The third-order valence-electron chi connectivity index (χ3n) is 0.757. The topological polar surface area (TPSA) is 0 Å². The van der Waals surface area contributed by atoms with Crippen LogP contribution < -0.4 is 0 Å². The molecule has 0 atom stereocenters. The molecule has 0 spiro atoms. The molecule has 0 N–H and O–H groups in total. The molecule has 0 fully saturated rings. The standard InChI is InChI=1S/C6H11ITe/c1-3-4-5-8-6(2)7/h2-5H2,1H3. The third-order valence-corrected chi connectivity index (χ3v) is 5.15. The van der Waals surface area contributed by atoms with Crippen molar-refractivity contribution in [3.63, 3.8) is 0 Å². The van der Waals surface area contributed by atoms with E-state index >= 15 is 0 Å². The Hall–Kier alpha value is 1.26. The molecule has 8 heavy (non-hydrogen) atoms. The normalized spacial score (nSPS) is 9.25. The van der Waals surface area contributed by atoms with Crippen LogP contribution in [0.3, 0.4) is 0 Å². The molecule has 0 rings (SSSR count). The molecule has 0 aromatic carbocycles. The van der Waals surface area contributed by atoms with Crippen LogP contribution in [0.15, 0.2) is 8.21 Å². The van der Waals surface area contributed by atoms with E-state index in [1.54, 1.807) is 0 Å². The van der Waals surface area contributed by atoms with E-state index in [1.807, 2.05) is 0 Å². The van der Waals surface area contributed by atoms with Crippen molar-refractivity contribution < 1.29 is 0 Å². The molecular weight excluding hydrogens is 327 g/mol. The second-order valence-corrected chi connectivity index (χ2v) is 8.53. The maximum absolute atomic E-state index is 3.87. The van der Waals surface area contributed by atoms with Gasteiger partial charge in [-0.3, -0.25) is 0 Å². The van der Waals surface area contributed by atoms with Gasteiger partial charge in [0.15, 0.2) is 0 Å². The second kappa shape index (κ2) is 6.38. The van der Waals surface area contributed by atoms with Gasteiger partial charge in [0.25, 0.3) is 0 Å². The van der Waals surface area contributed by atoms with Crippen molar-refractivity contribution in [2.24, 2.45) is 0 Å². The van der Waals surface area contributed by atoms with Gasteiger partial charge < -0.3 is 0 Å². The molecule has 0 aliphatic rings. The fourth-order valence-electron chi connectivity index (χ4n) is 0.327. The number of hydrogen-bond acceptors (Lipinski definition) is 0. The van der Waals surface area contributed by atoms with Crippen LogP contribution in [0.25, 0.3) is 0 Å². The molecule has 0 nitrogen and oxygen atoms in total. The van der Waals surface area contributed by atoms with Crippen LogP contribution in [0.5, 0.6) is 0 Å². The van der Waals surface area contributed by atoms with Gasteiger partial charge in [0.1, 0.15) is 0 Å². The summed E-state index contributed by atoms with van der Waals surface area (Å²) in [6.45, 7) is 6.11. The molecule has 0 heterocycles. The summed E-state index contributed by atoms with van der Waals surface area (Å²) in [5.41, 5.74) is 0. The quantitative estimate of drug-likeness (QED) is 0.420. The van der Waals surface area contributed by atoms with Crippen molar-refractivity contribution in [3.05, 3.63) is 8.21 Å². The van der Waals surface area contributed by atoms with E-state index in [0.717, 1.165) is 0 Å². The van der Waals surface area contributed by atoms with Crippen molar-refractivity contribution in [2.75, 3.05) is 0 Å². The average molecular weight is 338 g/mol. The fraction of sp³-hybridized carbons (Fsp3) is 0.667. The average Bonchev–Trinajstić information content (AvgIpc) is 1.66. The summed E-state index contributed by atoms with van der Waals surface area (Å²) in [6.07, 6.45) is 2.75. The Kier molecular flexibility index (Phi) is 7.39. The summed E-state index contributed by atoms with van der Waals surface area (Å²) < 4.78 is 2.87. The van der Waals surface area contributed by atoms with Crippen LogP contribution in [-0.4, -0.2) is 20.9 Å². The van der Waals surface area contributed by atoms with Gasteiger partial charge in [-0.2, -0.15) is 0 Å². The Morgan fingerprint density at radius 1 is 1.75 bits per heavy atom. The van der Waals surface area contributed by atoms with Crippen LogP contribution in [-0.2, 0) is 0 Å². The summed E-state index contributed by atoms with van der Waals surface area (Å²) in [4.78, 5) is 0. The second-order valence-electron chi connectivity index (χ2n) is 1.56. The van der Waals surface area contributed by atoms with Crippen LogP contribution in [0.4, 0.5) is 0 Å². The monoisotopic (exact) mass is 340 g/mol. The van der Waals surface area contributed by atoms with Gasteiger partial charge in [-0.15, -0.1) is 0 Å².